The normalized spacial score (nSPS) is 18.9. The van der Waals surface area contributed by atoms with Crippen LogP contribution in [-0.4, -0.2) is 80.0 Å². The van der Waals surface area contributed by atoms with Gasteiger partial charge in [-0.05, 0) is 76.3 Å². The van der Waals surface area contributed by atoms with Crippen molar-refractivity contribution in [2.45, 2.75) is 39.2 Å². The fourth-order valence-electron chi connectivity index (χ4n) is 4.48. The van der Waals surface area contributed by atoms with E-state index in [1.165, 1.54) is 30.4 Å². The first-order chi connectivity index (χ1) is 13.7. The summed E-state index contributed by atoms with van der Waals surface area (Å²) >= 11 is 0. The number of nitrogens with one attached hydrogen (secondary N) is 1. The summed E-state index contributed by atoms with van der Waals surface area (Å²) in [5.74, 6) is 1.15. The van der Waals surface area contributed by atoms with E-state index < -0.39 is 0 Å². The van der Waals surface area contributed by atoms with E-state index in [1.807, 2.05) is 7.05 Å². The predicted octanol–water partition coefficient (Wildman–Crippen LogP) is 3.19. The lowest BCUT2D eigenvalue weighted by molar-refractivity contribution is -0.132. The Kier molecular flexibility index (Phi) is 12.9. The molecule has 2 aliphatic heterocycles. The number of carbonyl (C=O) groups excluding carboxylic acids is 1. The zero-order valence-corrected chi connectivity index (χ0v) is 20.3. The van der Waals surface area contributed by atoms with Crippen molar-refractivity contribution in [2.24, 2.45) is 5.92 Å². The Bertz CT molecular complexity index is 623. The molecule has 5 nitrogen and oxygen atoms in total. The molecule has 0 aromatic heterocycles. The van der Waals surface area contributed by atoms with Crippen LogP contribution in [0.2, 0.25) is 0 Å². The van der Waals surface area contributed by atoms with Gasteiger partial charge in [0.2, 0.25) is 5.91 Å². The van der Waals surface area contributed by atoms with E-state index in [1.54, 1.807) is 0 Å². The van der Waals surface area contributed by atoms with Gasteiger partial charge in [0.1, 0.15) is 0 Å². The molecule has 172 valence electrons. The van der Waals surface area contributed by atoms with E-state index in [0.717, 1.165) is 64.7 Å². The second kappa shape index (κ2) is 14.3. The van der Waals surface area contributed by atoms with Gasteiger partial charge in [0.25, 0.3) is 0 Å². The number of rotatable bonds is 7. The van der Waals surface area contributed by atoms with E-state index in [9.17, 15) is 4.79 Å². The zero-order valence-electron chi connectivity index (χ0n) is 18.6. The van der Waals surface area contributed by atoms with Crippen molar-refractivity contribution in [3.8, 4) is 0 Å². The van der Waals surface area contributed by atoms with Crippen molar-refractivity contribution in [1.82, 2.24) is 20.0 Å². The lowest BCUT2D eigenvalue weighted by atomic mass is 9.93. The molecule has 0 bridgehead atoms. The maximum atomic E-state index is 12.8. The minimum atomic E-state index is 0. The molecule has 1 amide bonds. The standard InChI is InChI=1S/C23H38N4O.2ClH/c1-20-6-3-4-7-22(20)18-25-12-5-13-27(17-16-25)23(28)19-26-14-9-21(10-15-26)8-11-24-2;;/h3-4,6-7,21,24H,5,8-19H2,1-2H3;2*1H. The number of piperidine rings is 1. The highest BCUT2D eigenvalue weighted by Crippen LogP contribution is 2.20. The zero-order chi connectivity index (χ0) is 19.8. The molecule has 1 N–H and O–H groups in total. The molecule has 0 unspecified atom stereocenters. The summed E-state index contributed by atoms with van der Waals surface area (Å²) in [6, 6.07) is 8.64. The lowest BCUT2D eigenvalue weighted by Crippen LogP contribution is -2.44. The van der Waals surface area contributed by atoms with E-state index in [0.29, 0.717) is 12.5 Å². The van der Waals surface area contributed by atoms with Crippen molar-refractivity contribution < 1.29 is 4.79 Å². The largest absolute Gasteiger partial charge is 0.340 e. The fourth-order valence-corrected chi connectivity index (χ4v) is 4.48. The van der Waals surface area contributed by atoms with Crippen LogP contribution in [0.15, 0.2) is 24.3 Å². The number of halogens is 2. The third-order valence-electron chi connectivity index (χ3n) is 6.47. The maximum absolute atomic E-state index is 12.8. The molecule has 7 heteroatoms. The van der Waals surface area contributed by atoms with Crippen molar-refractivity contribution in [3.63, 3.8) is 0 Å². The topological polar surface area (TPSA) is 38.8 Å². The minimum absolute atomic E-state index is 0. The fraction of sp³-hybridized carbons (Fsp3) is 0.696. The summed E-state index contributed by atoms with van der Waals surface area (Å²) in [6.07, 6.45) is 4.81. The molecule has 1 aromatic carbocycles. The SMILES string of the molecule is CNCCC1CCN(CC(=O)N2CCCN(Cc3ccccc3C)CC2)CC1.Cl.Cl. The summed E-state index contributed by atoms with van der Waals surface area (Å²) < 4.78 is 0. The summed E-state index contributed by atoms with van der Waals surface area (Å²) in [7, 11) is 2.02. The van der Waals surface area contributed by atoms with Crippen LogP contribution >= 0.6 is 24.8 Å². The van der Waals surface area contributed by atoms with Crippen LogP contribution in [0.5, 0.6) is 0 Å². The smallest absolute Gasteiger partial charge is 0.236 e. The quantitative estimate of drug-likeness (QED) is 0.680. The van der Waals surface area contributed by atoms with E-state index in [2.05, 4.69) is 51.2 Å². The third kappa shape index (κ3) is 8.35. The van der Waals surface area contributed by atoms with Crippen LogP contribution in [0.1, 0.15) is 36.8 Å². The summed E-state index contributed by atoms with van der Waals surface area (Å²) in [5.41, 5.74) is 2.77. The van der Waals surface area contributed by atoms with Gasteiger partial charge in [-0.25, -0.2) is 0 Å². The number of nitrogens with zero attached hydrogens (tertiary/aromatic N) is 3. The molecule has 2 fully saturated rings. The van der Waals surface area contributed by atoms with E-state index >= 15 is 0 Å². The summed E-state index contributed by atoms with van der Waals surface area (Å²) in [6.45, 7) is 10.9. The highest BCUT2D eigenvalue weighted by atomic mass is 35.5. The average molecular weight is 460 g/mol. The Balaban J connectivity index is 0.00000225. The number of aryl methyl sites for hydroxylation is 1. The van der Waals surface area contributed by atoms with Gasteiger partial charge in [0.15, 0.2) is 0 Å². The number of amides is 1. The van der Waals surface area contributed by atoms with Gasteiger partial charge < -0.3 is 10.2 Å². The van der Waals surface area contributed by atoms with Gasteiger partial charge >= 0.3 is 0 Å². The monoisotopic (exact) mass is 458 g/mol. The lowest BCUT2D eigenvalue weighted by Gasteiger charge is -2.33. The highest BCUT2D eigenvalue weighted by molar-refractivity contribution is 5.85. The number of carbonyl (C=O) groups is 1. The molecule has 2 heterocycles. The minimum Gasteiger partial charge on any atom is -0.340 e. The summed E-state index contributed by atoms with van der Waals surface area (Å²) in [5, 5.41) is 3.25. The Morgan fingerprint density at radius 2 is 1.73 bits per heavy atom. The summed E-state index contributed by atoms with van der Waals surface area (Å²) in [4.78, 5) is 19.8. The Hall–Kier alpha value is -0.850. The van der Waals surface area contributed by atoms with Crippen LogP contribution in [-0.2, 0) is 11.3 Å². The molecular weight excluding hydrogens is 419 g/mol. The second-order valence-corrected chi connectivity index (χ2v) is 8.55. The van der Waals surface area contributed by atoms with Gasteiger partial charge in [0, 0.05) is 32.7 Å². The van der Waals surface area contributed by atoms with Crippen LogP contribution in [0.3, 0.4) is 0 Å². The highest BCUT2D eigenvalue weighted by Gasteiger charge is 2.24. The molecule has 2 saturated heterocycles. The Morgan fingerprint density at radius 1 is 1.00 bits per heavy atom. The van der Waals surface area contributed by atoms with Gasteiger partial charge in [-0.1, -0.05) is 24.3 Å². The first-order valence-electron chi connectivity index (χ1n) is 11.1. The molecule has 0 radical (unpaired) electrons. The number of benzene rings is 1. The molecular formula is C23H40Cl2N4O. The van der Waals surface area contributed by atoms with Gasteiger partial charge in [0.05, 0.1) is 6.54 Å². The molecule has 3 rings (SSSR count). The first-order valence-corrected chi connectivity index (χ1v) is 11.1. The van der Waals surface area contributed by atoms with Gasteiger partial charge in [-0.3, -0.25) is 14.6 Å². The van der Waals surface area contributed by atoms with Crippen molar-refractivity contribution in [3.05, 3.63) is 35.4 Å². The molecule has 0 aliphatic carbocycles. The number of hydrogen-bond donors (Lipinski definition) is 1. The third-order valence-corrected chi connectivity index (χ3v) is 6.47. The molecule has 0 atom stereocenters. The number of likely N-dealkylation sites (tertiary alicyclic amines) is 1. The maximum Gasteiger partial charge on any atom is 0.236 e. The first kappa shape index (κ1) is 27.2. The molecule has 0 saturated carbocycles. The average Bonchev–Trinajstić information content (AvgIpc) is 2.95. The van der Waals surface area contributed by atoms with Crippen LogP contribution in [0.25, 0.3) is 0 Å². The van der Waals surface area contributed by atoms with Crippen molar-refractivity contribution in [1.29, 1.82) is 0 Å². The number of hydrogen-bond acceptors (Lipinski definition) is 4. The second-order valence-electron chi connectivity index (χ2n) is 8.55. The van der Waals surface area contributed by atoms with Crippen LogP contribution in [0.4, 0.5) is 0 Å². The Labute approximate surface area is 195 Å². The molecule has 2 aliphatic rings. The van der Waals surface area contributed by atoms with Gasteiger partial charge in [-0.15, -0.1) is 24.8 Å². The molecule has 0 spiro atoms. The Morgan fingerprint density at radius 3 is 2.43 bits per heavy atom. The van der Waals surface area contributed by atoms with Crippen LogP contribution in [0, 0.1) is 12.8 Å². The van der Waals surface area contributed by atoms with Crippen LogP contribution < -0.4 is 5.32 Å². The van der Waals surface area contributed by atoms with Crippen molar-refractivity contribution >= 4 is 30.7 Å². The van der Waals surface area contributed by atoms with E-state index in [4.69, 9.17) is 0 Å². The molecule has 1 aromatic rings. The van der Waals surface area contributed by atoms with Crippen molar-refractivity contribution in [2.75, 3.05) is 59.4 Å². The van der Waals surface area contributed by atoms with Gasteiger partial charge in [-0.2, -0.15) is 0 Å². The van der Waals surface area contributed by atoms with E-state index in [-0.39, 0.29) is 24.8 Å². The predicted molar refractivity (Wildman–Crippen MR) is 130 cm³/mol. The molecule has 30 heavy (non-hydrogen) atoms.